The van der Waals surface area contributed by atoms with Gasteiger partial charge in [0.1, 0.15) is 5.82 Å². The molecule has 0 fully saturated rings. The topological polar surface area (TPSA) is 60.9 Å². The number of anilines is 1. The van der Waals surface area contributed by atoms with Crippen LogP contribution in [0.1, 0.15) is 11.4 Å². The Morgan fingerprint density at radius 2 is 2.00 bits per heavy atom. The summed E-state index contributed by atoms with van der Waals surface area (Å²) < 4.78 is 2.36. The number of nitrogen functional groups attached to an aromatic ring is 1. The number of nitrogens with two attached hydrogens (primary N) is 1. The third-order valence-electron chi connectivity index (χ3n) is 2.81. The lowest BCUT2D eigenvalue weighted by Gasteiger charge is -2.09. The SMILES string of the molecule is Cc1ncc(I)c(=O)n1CCc1ccc(N)cc1. The number of hydrogen-bond donors (Lipinski definition) is 1. The van der Waals surface area contributed by atoms with Crippen molar-refractivity contribution in [2.75, 3.05) is 5.73 Å². The molecule has 18 heavy (non-hydrogen) atoms. The van der Waals surface area contributed by atoms with Gasteiger partial charge in [0.25, 0.3) is 5.56 Å². The Morgan fingerprint density at radius 3 is 2.67 bits per heavy atom. The molecule has 0 aliphatic carbocycles. The average molecular weight is 355 g/mol. The summed E-state index contributed by atoms with van der Waals surface area (Å²) in [7, 11) is 0. The van der Waals surface area contributed by atoms with Gasteiger partial charge in [-0.15, -0.1) is 0 Å². The van der Waals surface area contributed by atoms with Crippen LogP contribution in [0.5, 0.6) is 0 Å². The van der Waals surface area contributed by atoms with Crippen molar-refractivity contribution in [3.05, 3.63) is 55.8 Å². The summed E-state index contributed by atoms with van der Waals surface area (Å²) in [5.41, 5.74) is 7.58. The fourth-order valence-electron chi connectivity index (χ4n) is 1.74. The van der Waals surface area contributed by atoms with Crippen LogP contribution in [0.25, 0.3) is 0 Å². The molecule has 5 heteroatoms. The summed E-state index contributed by atoms with van der Waals surface area (Å²) in [5, 5.41) is 0. The quantitative estimate of drug-likeness (QED) is 0.677. The maximum Gasteiger partial charge on any atom is 0.266 e. The molecule has 1 aromatic heterocycles. The lowest BCUT2D eigenvalue weighted by molar-refractivity contribution is 0.626. The Kier molecular flexibility index (Phi) is 4.00. The van der Waals surface area contributed by atoms with Crippen molar-refractivity contribution < 1.29 is 0 Å². The Bertz CT molecular complexity index is 605. The fourth-order valence-corrected chi connectivity index (χ4v) is 2.17. The summed E-state index contributed by atoms with van der Waals surface area (Å²) in [6.07, 6.45) is 2.40. The summed E-state index contributed by atoms with van der Waals surface area (Å²) in [6.45, 7) is 2.49. The Hall–Kier alpha value is -1.37. The van der Waals surface area contributed by atoms with Crippen molar-refractivity contribution in [3.63, 3.8) is 0 Å². The molecule has 0 spiro atoms. The van der Waals surface area contributed by atoms with Gasteiger partial charge in [-0.2, -0.15) is 0 Å². The Morgan fingerprint density at radius 1 is 1.33 bits per heavy atom. The zero-order chi connectivity index (χ0) is 13.1. The van der Waals surface area contributed by atoms with Crippen molar-refractivity contribution in [2.45, 2.75) is 19.9 Å². The van der Waals surface area contributed by atoms with Crippen molar-refractivity contribution in [2.24, 2.45) is 0 Å². The van der Waals surface area contributed by atoms with Crippen molar-refractivity contribution >= 4 is 28.3 Å². The van der Waals surface area contributed by atoms with Crippen molar-refractivity contribution in [1.82, 2.24) is 9.55 Å². The van der Waals surface area contributed by atoms with Gasteiger partial charge in [0.05, 0.1) is 3.57 Å². The molecule has 0 amide bonds. The Balaban J connectivity index is 2.18. The first-order valence-corrected chi connectivity index (χ1v) is 6.72. The number of nitrogens with zero attached hydrogens (tertiary/aromatic N) is 2. The molecule has 2 N–H and O–H groups in total. The first-order valence-electron chi connectivity index (χ1n) is 5.64. The second-order valence-corrected chi connectivity index (χ2v) is 5.26. The summed E-state index contributed by atoms with van der Waals surface area (Å²) in [5.74, 6) is 0.746. The number of aromatic nitrogens is 2. The van der Waals surface area contributed by atoms with E-state index >= 15 is 0 Å². The highest BCUT2D eigenvalue weighted by molar-refractivity contribution is 14.1. The van der Waals surface area contributed by atoms with Crippen LogP contribution >= 0.6 is 22.6 Å². The van der Waals surface area contributed by atoms with Crippen molar-refractivity contribution in [3.8, 4) is 0 Å². The molecule has 0 aliphatic rings. The number of benzene rings is 1. The predicted octanol–water partition coefficient (Wildman–Crippen LogP) is 1.98. The number of halogens is 1. The fraction of sp³-hybridized carbons (Fsp3) is 0.231. The van der Waals surface area contributed by atoms with Crippen LogP contribution in [-0.2, 0) is 13.0 Å². The summed E-state index contributed by atoms with van der Waals surface area (Å²) >= 11 is 2.01. The van der Waals surface area contributed by atoms with E-state index in [0.717, 1.165) is 23.5 Å². The molecule has 0 radical (unpaired) electrons. The molecule has 1 aromatic carbocycles. The van der Waals surface area contributed by atoms with E-state index in [1.807, 2.05) is 53.8 Å². The van der Waals surface area contributed by atoms with Gasteiger partial charge in [-0.3, -0.25) is 9.36 Å². The van der Waals surface area contributed by atoms with Gasteiger partial charge in [0.2, 0.25) is 0 Å². The maximum atomic E-state index is 12.0. The molecule has 4 nitrogen and oxygen atoms in total. The van der Waals surface area contributed by atoms with E-state index in [1.165, 1.54) is 0 Å². The summed E-state index contributed by atoms with van der Waals surface area (Å²) in [6, 6.07) is 7.71. The van der Waals surface area contributed by atoms with Crippen LogP contribution in [0.4, 0.5) is 5.69 Å². The van der Waals surface area contributed by atoms with Gasteiger partial charge in [0, 0.05) is 18.4 Å². The van der Waals surface area contributed by atoms with E-state index in [1.54, 1.807) is 10.8 Å². The molecular formula is C13H14IN3O. The van der Waals surface area contributed by atoms with Crippen LogP contribution in [0.3, 0.4) is 0 Å². The van der Waals surface area contributed by atoms with Crippen LogP contribution < -0.4 is 11.3 Å². The molecule has 0 bridgehead atoms. The van der Waals surface area contributed by atoms with Gasteiger partial charge >= 0.3 is 0 Å². The minimum atomic E-state index is 0.0264. The third kappa shape index (κ3) is 2.90. The second kappa shape index (κ2) is 5.51. The zero-order valence-corrected chi connectivity index (χ0v) is 12.2. The lowest BCUT2D eigenvalue weighted by atomic mass is 10.1. The van der Waals surface area contributed by atoms with Crippen LogP contribution in [0.15, 0.2) is 35.3 Å². The molecule has 94 valence electrons. The van der Waals surface area contributed by atoms with E-state index in [-0.39, 0.29) is 5.56 Å². The average Bonchev–Trinajstić information content (AvgIpc) is 2.36. The number of hydrogen-bond acceptors (Lipinski definition) is 3. The van der Waals surface area contributed by atoms with E-state index < -0.39 is 0 Å². The highest BCUT2D eigenvalue weighted by atomic mass is 127. The largest absolute Gasteiger partial charge is 0.399 e. The van der Waals surface area contributed by atoms with E-state index in [0.29, 0.717) is 10.1 Å². The van der Waals surface area contributed by atoms with Gasteiger partial charge in [-0.1, -0.05) is 12.1 Å². The smallest absolute Gasteiger partial charge is 0.266 e. The molecule has 0 saturated heterocycles. The van der Waals surface area contributed by atoms with Gasteiger partial charge in [-0.05, 0) is 53.6 Å². The van der Waals surface area contributed by atoms with Crippen molar-refractivity contribution in [1.29, 1.82) is 0 Å². The van der Waals surface area contributed by atoms with Crippen LogP contribution in [0.2, 0.25) is 0 Å². The molecule has 0 aliphatic heterocycles. The normalized spacial score (nSPS) is 10.6. The minimum Gasteiger partial charge on any atom is -0.399 e. The first-order chi connectivity index (χ1) is 8.58. The summed E-state index contributed by atoms with van der Waals surface area (Å²) in [4.78, 5) is 16.2. The molecule has 1 heterocycles. The number of rotatable bonds is 3. The molecule has 0 saturated carbocycles. The third-order valence-corrected chi connectivity index (χ3v) is 3.55. The van der Waals surface area contributed by atoms with Crippen LogP contribution in [0, 0.1) is 10.5 Å². The Labute approximate surface area is 119 Å². The first kappa shape index (κ1) is 13.1. The van der Waals surface area contributed by atoms with E-state index in [2.05, 4.69) is 4.98 Å². The molecule has 2 aromatic rings. The highest BCUT2D eigenvalue weighted by Crippen LogP contribution is 2.07. The molecule has 0 atom stereocenters. The highest BCUT2D eigenvalue weighted by Gasteiger charge is 2.05. The van der Waals surface area contributed by atoms with E-state index in [9.17, 15) is 4.79 Å². The zero-order valence-electron chi connectivity index (χ0n) is 10.1. The lowest BCUT2D eigenvalue weighted by Crippen LogP contribution is -2.26. The van der Waals surface area contributed by atoms with E-state index in [4.69, 9.17) is 5.73 Å². The van der Waals surface area contributed by atoms with Gasteiger partial charge in [-0.25, -0.2) is 4.98 Å². The minimum absolute atomic E-state index is 0.0264. The molecular weight excluding hydrogens is 341 g/mol. The van der Waals surface area contributed by atoms with Crippen LogP contribution in [-0.4, -0.2) is 9.55 Å². The molecule has 0 unspecified atom stereocenters. The predicted molar refractivity (Wildman–Crippen MR) is 80.5 cm³/mol. The van der Waals surface area contributed by atoms with Gasteiger partial charge in [0.15, 0.2) is 0 Å². The van der Waals surface area contributed by atoms with Gasteiger partial charge < -0.3 is 5.73 Å². The monoisotopic (exact) mass is 355 g/mol. The maximum absolute atomic E-state index is 12.0. The molecule has 2 rings (SSSR count). The standard InChI is InChI=1S/C13H14IN3O/c1-9-16-8-12(14)13(18)17(9)7-6-10-2-4-11(15)5-3-10/h2-5,8H,6-7,15H2,1H3. The second-order valence-electron chi connectivity index (χ2n) is 4.10. The number of aryl methyl sites for hydroxylation is 2.